The summed E-state index contributed by atoms with van der Waals surface area (Å²) in [4.78, 5) is 19.5. The van der Waals surface area contributed by atoms with E-state index in [-0.39, 0.29) is 5.91 Å². The Morgan fingerprint density at radius 2 is 2.04 bits per heavy atom. The van der Waals surface area contributed by atoms with Gasteiger partial charge in [-0.25, -0.2) is 4.98 Å². The molecular formula is C18H22BrN3O. The van der Waals surface area contributed by atoms with E-state index in [0.717, 1.165) is 34.2 Å². The zero-order chi connectivity index (χ0) is 17.0. The van der Waals surface area contributed by atoms with Gasteiger partial charge in [0.2, 0.25) is 0 Å². The molecule has 2 aromatic rings. The van der Waals surface area contributed by atoms with Gasteiger partial charge in [0.15, 0.2) is 0 Å². The number of amides is 1. The summed E-state index contributed by atoms with van der Waals surface area (Å²) in [5.41, 5.74) is 3.35. The van der Waals surface area contributed by atoms with E-state index in [0.29, 0.717) is 18.8 Å². The highest BCUT2D eigenvalue weighted by molar-refractivity contribution is 9.10. The molecule has 23 heavy (non-hydrogen) atoms. The van der Waals surface area contributed by atoms with E-state index in [1.807, 2.05) is 23.6 Å². The molecule has 0 N–H and O–H groups in total. The van der Waals surface area contributed by atoms with Gasteiger partial charge in [0.1, 0.15) is 11.3 Å². The summed E-state index contributed by atoms with van der Waals surface area (Å²) in [6.45, 7) is 12.5. The molecule has 2 aromatic heterocycles. The van der Waals surface area contributed by atoms with Crippen molar-refractivity contribution < 1.29 is 4.79 Å². The van der Waals surface area contributed by atoms with Crippen LogP contribution in [0, 0.1) is 6.92 Å². The summed E-state index contributed by atoms with van der Waals surface area (Å²) >= 11 is 3.51. The lowest BCUT2D eigenvalue weighted by molar-refractivity contribution is 0.0783. The molecule has 0 bridgehead atoms. The quantitative estimate of drug-likeness (QED) is 0.680. The molecule has 2 heterocycles. The summed E-state index contributed by atoms with van der Waals surface area (Å²) in [5, 5.41) is 0. The lowest BCUT2D eigenvalue weighted by Gasteiger charge is -2.19. The third-order valence-corrected chi connectivity index (χ3v) is 4.05. The van der Waals surface area contributed by atoms with Crippen molar-refractivity contribution in [3.63, 3.8) is 0 Å². The van der Waals surface area contributed by atoms with Crippen molar-refractivity contribution in [1.29, 1.82) is 0 Å². The van der Waals surface area contributed by atoms with Crippen molar-refractivity contribution in [3.8, 4) is 0 Å². The van der Waals surface area contributed by atoms with Crippen LogP contribution in [0.15, 0.2) is 42.0 Å². The molecule has 0 saturated carbocycles. The molecule has 0 radical (unpaired) electrons. The molecule has 0 saturated heterocycles. The number of nitrogens with zero attached hydrogens (tertiary/aromatic N) is 3. The molecule has 0 fully saturated rings. The first-order valence-corrected chi connectivity index (χ1v) is 8.50. The summed E-state index contributed by atoms with van der Waals surface area (Å²) in [6.07, 6.45) is 7.07. The third-order valence-electron chi connectivity index (χ3n) is 3.62. The van der Waals surface area contributed by atoms with E-state index in [9.17, 15) is 4.79 Å². The second-order valence-electron chi connectivity index (χ2n) is 5.48. The molecule has 0 aliphatic carbocycles. The van der Waals surface area contributed by atoms with Crippen LogP contribution in [0.5, 0.6) is 0 Å². The summed E-state index contributed by atoms with van der Waals surface area (Å²) < 4.78 is 2.82. The predicted octanol–water partition coefficient (Wildman–Crippen LogP) is 4.17. The highest BCUT2D eigenvalue weighted by Gasteiger charge is 2.23. The van der Waals surface area contributed by atoms with Crippen LogP contribution in [-0.4, -0.2) is 33.3 Å². The van der Waals surface area contributed by atoms with Crippen molar-refractivity contribution >= 4 is 27.5 Å². The highest BCUT2D eigenvalue weighted by atomic mass is 79.9. The van der Waals surface area contributed by atoms with E-state index >= 15 is 0 Å². The first-order chi connectivity index (χ1) is 11.0. The van der Waals surface area contributed by atoms with Crippen LogP contribution in [0.2, 0.25) is 0 Å². The van der Waals surface area contributed by atoms with Crippen LogP contribution in [0.4, 0.5) is 0 Å². The largest absolute Gasteiger partial charge is 0.330 e. The summed E-state index contributed by atoms with van der Waals surface area (Å²) in [5.74, 6) is -0.0433. The van der Waals surface area contributed by atoms with Crippen LogP contribution < -0.4 is 0 Å². The van der Waals surface area contributed by atoms with Crippen molar-refractivity contribution in [2.45, 2.75) is 26.7 Å². The van der Waals surface area contributed by atoms with Crippen LogP contribution >= 0.6 is 15.9 Å². The monoisotopic (exact) mass is 375 g/mol. The van der Waals surface area contributed by atoms with Gasteiger partial charge in [-0.15, -0.1) is 13.2 Å². The standard InChI is InChI=1S/C18H22BrN3O/c1-5-8-15-16(18(23)21(9-6-2)10-7-3)22-12-14(19)11-13(4)17(22)20-15/h6-7,11-12H,2-3,5,8-10H2,1,4H3. The Labute approximate surface area is 145 Å². The van der Waals surface area contributed by atoms with Crippen molar-refractivity contribution in [1.82, 2.24) is 14.3 Å². The van der Waals surface area contributed by atoms with Crippen LogP contribution in [-0.2, 0) is 6.42 Å². The molecule has 0 spiro atoms. The number of pyridine rings is 1. The van der Waals surface area contributed by atoms with Gasteiger partial charge < -0.3 is 4.90 Å². The zero-order valence-corrected chi connectivity index (χ0v) is 15.3. The maximum Gasteiger partial charge on any atom is 0.273 e. The molecule has 0 aliphatic heterocycles. The Morgan fingerprint density at radius 1 is 1.39 bits per heavy atom. The van der Waals surface area contributed by atoms with Crippen molar-refractivity contribution in [2.75, 3.05) is 13.1 Å². The van der Waals surface area contributed by atoms with Crippen LogP contribution in [0.1, 0.15) is 35.1 Å². The molecule has 0 atom stereocenters. The second kappa shape index (κ2) is 7.59. The normalized spacial score (nSPS) is 10.7. The number of halogens is 1. The Bertz CT molecular complexity index is 738. The average Bonchev–Trinajstić information content (AvgIpc) is 2.85. The third kappa shape index (κ3) is 3.55. The first kappa shape index (κ1) is 17.5. The molecule has 0 aromatic carbocycles. The number of aromatic nitrogens is 2. The van der Waals surface area contributed by atoms with Gasteiger partial charge in [-0.3, -0.25) is 9.20 Å². The van der Waals surface area contributed by atoms with E-state index in [4.69, 9.17) is 4.98 Å². The summed E-state index contributed by atoms with van der Waals surface area (Å²) in [7, 11) is 0. The number of imidazole rings is 1. The van der Waals surface area contributed by atoms with Gasteiger partial charge in [-0.05, 0) is 40.9 Å². The van der Waals surface area contributed by atoms with E-state index < -0.39 is 0 Å². The minimum Gasteiger partial charge on any atom is -0.330 e. The Balaban J connectivity index is 2.64. The van der Waals surface area contributed by atoms with Gasteiger partial charge in [-0.2, -0.15) is 0 Å². The lowest BCUT2D eigenvalue weighted by Crippen LogP contribution is -2.32. The number of hydrogen-bond acceptors (Lipinski definition) is 2. The van der Waals surface area contributed by atoms with Gasteiger partial charge >= 0.3 is 0 Å². The molecule has 5 heteroatoms. The Hall–Kier alpha value is -1.88. The number of carbonyl (C=O) groups excluding carboxylic acids is 1. The van der Waals surface area contributed by atoms with Crippen LogP contribution in [0.25, 0.3) is 5.65 Å². The smallest absolute Gasteiger partial charge is 0.273 e. The number of hydrogen-bond donors (Lipinski definition) is 0. The fraction of sp³-hybridized carbons (Fsp3) is 0.333. The SMILES string of the molecule is C=CCN(CC=C)C(=O)c1c(CCC)nc2c(C)cc(Br)cn12. The van der Waals surface area contributed by atoms with Gasteiger partial charge in [0, 0.05) is 23.8 Å². The maximum absolute atomic E-state index is 13.1. The average molecular weight is 376 g/mol. The predicted molar refractivity (Wildman–Crippen MR) is 97.9 cm³/mol. The maximum atomic E-state index is 13.1. The minimum absolute atomic E-state index is 0.0433. The van der Waals surface area contributed by atoms with Crippen molar-refractivity contribution in [2.24, 2.45) is 0 Å². The zero-order valence-electron chi connectivity index (χ0n) is 13.7. The molecule has 122 valence electrons. The van der Waals surface area contributed by atoms with E-state index in [1.54, 1.807) is 17.1 Å². The fourth-order valence-corrected chi connectivity index (χ4v) is 3.20. The molecule has 0 aliphatic rings. The van der Waals surface area contributed by atoms with Crippen LogP contribution in [0.3, 0.4) is 0 Å². The fourth-order valence-electron chi connectivity index (χ4n) is 2.65. The topological polar surface area (TPSA) is 37.6 Å². The van der Waals surface area contributed by atoms with Gasteiger partial charge in [-0.1, -0.05) is 25.5 Å². The van der Waals surface area contributed by atoms with E-state index in [2.05, 4.69) is 36.0 Å². The highest BCUT2D eigenvalue weighted by Crippen LogP contribution is 2.23. The van der Waals surface area contributed by atoms with Crippen molar-refractivity contribution in [3.05, 3.63) is 59.0 Å². The molecular weight excluding hydrogens is 354 g/mol. The van der Waals surface area contributed by atoms with E-state index in [1.165, 1.54) is 0 Å². The number of carbonyl (C=O) groups is 1. The van der Waals surface area contributed by atoms with Gasteiger partial charge in [0.05, 0.1) is 5.69 Å². The number of fused-ring (bicyclic) bond motifs is 1. The first-order valence-electron chi connectivity index (χ1n) is 7.71. The Kier molecular flexibility index (Phi) is 5.77. The molecule has 2 rings (SSSR count). The Morgan fingerprint density at radius 3 is 2.61 bits per heavy atom. The number of aryl methyl sites for hydroxylation is 2. The summed E-state index contributed by atoms with van der Waals surface area (Å²) in [6, 6.07) is 2.01. The molecule has 4 nitrogen and oxygen atoms in total. The van der Waals surface area contributed by atoms with Gasteiger partial charge in [0.25, 0.3) is 5.91 Å². The molecule has 1 amide bonds. The minimum atomic E-state index is -0.0433. The lowest BCUT2D eigenvalue weighted by atomic mass is 10.2. The number of rotatable bonds is 7. The molecule has 0 unspecified atom stereocenters. The second-order valence-corrected chi connectivity index (χ2v) is 6.40.